The van der Waals surface area contributed by atoms with Crippen molar-refractivity contribution in [2.24, 2.45) is 10.9 Å². The van der Waals surface area contributed by atoms with Crippen LogP contribution in [0.15, 0.2) is 77.9 Å². The minimum Gasteiger partial charge on any atom is -0.303 e. The Morgan fingerprint density at radius 2 is 1.56 bits per heavy atom. The van der Waals surface area contributed by atoms with Crippen molar-refractivity contribution in [2.45, 2.75) is 19.8 Å². The summed E-state index contributed by atoms with van der Waals surface area (Å²) in [7, 11) is 0. The molecule has 0 saturated carbocycles. The number of hydrogen-bond acceptors (Lipinski definition) is 3. The summed E-state index contributed by atoms with van der Waals surface area (Å²) in [5.74, 6) is -0.840. The highest BCUT2D eigenvalue weighted by atomic mass is 19.1. The van der Waals surface area contributed by atoms with Crippen molar-refractivity contribution in [1.29, 1.82) is 0 Å². The van der Waals surface area contributed by atoms with Crippen LogP contribution in [0.1, 0.15) is 36.6 Å². The minimum absolute atomic E-state index is 0.0695. The Bertz CT molecular complexity index is 896. The normalized spacial score (nSPS) is 11.9. The fraction of sp³-hybridized carbons (Fsp3) is 0.174. The standard InChI is InChI=1S/C23H21FN2O/c1-16(2)19(15-27)21-13-22(20(24)14-25-21)26-23(17-9-5-3-6-10-17)18-11-7-4-8-12-18/h3-16,19H,1-2H3. The zero-order chi connectivity index (χ0) is 19.2. The fourth-order valence-electron chi connectivity index (χ4n) is 2.89. The van der Waals surface area contributed by atoms with Gasteiger partial charge in [0.1, 0.15) is 12.0 Å². The lowest BCUT2D eigenvalue weighted by Gasteiger charge is -2.14. The molecule has 1 atom stereocenters. The number of benzene rings is 2. The summed E-state index contributed by atoms with van der Waals surface area (Å²) in [6.07, 6.45) is 1.99. The van der Waals surface area contributed by atoms with E-state index < -0.39 is 11.7 Å². The summed E-state index contributed by atoms with van der Waals surface area (Å²) >= 11 is 0. The summed E-state index contributed by atoms with van der Waals surface area (Å²) in [5, 5.41) is 0. The number of aldehydes is 1. The van der Waals surface area contributed by atoms with Crippen molar-refractivity contribution in [2.75, 3.05) is 0 Å². The Kier molecular flexibility index (Phi) is 5.87. The average Bonchev–Trinajstić information content (AvgIpc) is 2.69. The molecule has 1 aromatic heterocycles. The van der Waals surface area contributed by atoms with Crippen LogP contribution in [0, 0.1) is 11.7 Å². The van der Waals surface area contributed by atoms with E-state index in [1.807, 2.05) is 74.5 Å². The molecule has 3 aromatic rings. The van der Waals surface area contributed by atoms with Gasteiger partial charge in [-0.1, -0.05) is 74.5 Å². The molecule has 2 aromatic carbocycles. The van der Waals surface area contributed by atoms with E-state index in [4.69, 9.17) is 0 Å². The molecule has 0 aliphatic carbocycles. The smallest absolute Gasteiger partial charge is 0.167 e. The highest BCUT2D eigenvalue weighted by Crippen LogP contribution is 2.27. The molecule has 3 rings (SSSR count). The quantitative estimate of drug-likeness (QED) is 0.440. The van der Waals surface area contributed by atoms with Gasteiger partial charge in [-0.05, 0) is 12.0 Å². The summed E-state index contributed by atoms with van der Waals surface area (Å²) in [6, 6.07) is 20.9. The average molecular weight is 360 g/mol. The van der Waals surface area contributed by atoms with Gasteiger partial charge in [0.05, 0.1) is 23.5 Å². The zero-order valence-corrected chi connectivity index (χ0v) is 15.3. The predicted octanol–water partition coefficient (Wildman–Crippen LogP) is 5.33. The van der Waals surface area contributed by atoms with Crippen LogP contribution < -0.4 is 0 Å². The van der Waals surface area contributed by atoms with Crippen LogP contribution in [0.4, 0.5) is 10.1 Å². The van der Waals surface area contributed by atoms with E-state index in [-0.39, 0.29) is 11.6 Å². The molecule has 0 N–H and O–H groups in total. The summed E-state index contributed by atoms with van der Waals surface area (Å²) in [5.41, 5.74) is 3.14. The third kappa shape index (κ3) is 4.34. The number of carbonyl (C=O) groups excluding carboxylic acids is 1. The number of carbonyl (C=O) groups is 1. The van der Waals surface area contributed by atoms with Gasteiger partial charge in [-0.2, -0.15) is 0 Å². The zero-order valence-electron chi connectivity index (χ0n) is 15.3. The number of hydrogen-bond donors (Lipinski definition) is 0. The van der Waals surface area contributed by atoms with Gasteiger partial charge in [0.15, 0.2) is 5.82 Å². The molecular formula is C23H21FN2O. The van der Waals surface area contributed by atoms with E-state index in [2.05, 4.69) is 9.98 Å². The number of aromatic nitrogens is 1. The van der Waals surface area contributed by atoms with E-state index in [9.17, 15) is 9.18 Å². The molecule has 0 bridgehead atoms. The van der Waals surface area contributed by atoms with E-state index in [1.54, 1.807) is 6.07 Å². The van der Waals surface area contributed by atoms with Gasteiger partial charge < -0.3 is 4.79 Å². The maximum absolute atomic E-state index is 14.5. The second-order valence-electron chi connectivity index (χ2n) is 6.66. The van der Waals surface area contributed by atoms with Gasteiger partial charge in [-0.3, -0.25) is 4.98 Å². The Hall–Kier alpha value is -3.14. The first-order chi connectivity index (χ1) is 13.1. The molecular weight excluding hydrogens is 339 g/mol. The van der Waals surface area contributed by atoms with Crippen LogP contribution in [0.5, 0.6) is 0 Å². The second kappa shape index (κ2) is 8.49. The van der Waals surface area contributed by atoms with Crippen molar-refractivity contribution >= 4 is 17.7 Å². The van der Waals surface area contributed by atoms with Crippen molar-refractivity contribution < 1.29 is 9.18 Å². The van der Waals surface area contributed by atoms with Gasteiger partial charge in [-0.25, -0.2) is 9.38 Å². The van der Waals surface area contributed by atoms with Gasteiger partial charge in [-0.15, -0.1) is 0 Å². The Morgan fingerprint density at radius 1 is 1.00 bits per heavy atom. The lowest BCUT2D eigenvalue weighted by Crippen LogP contribution is -2.10. The lowest BCUT2D eigenvalue weighted by molar-refractivity contribution is -0.109. The molecule has 0 fully saturated rings. The molecule has 1 heterocycles. The SMILES string of the molecule is CC(C)C(C=O)c1cc(N=C(c2ccccc2)c2ccccc2)c(F)cn1. The Labute approximate surface area is 158 Å². The van der Waals surface area contributed by atoms with Gasteiger partial charge in [0.2, 0.25) is 0 Å². The number of nitrogens with zero attached hydrogens (tertiary/aromatic N) is 2. The Morgan fingerprint density at radius 3 is 2.04 bits per heavy atom. The molecule has 0 amide bonds. The molecule has 0 spiro atoms. The fourth-order valence-corrected chi connectivity index (χ4v) is 2.89. The summed E-state index contributed by atoms with van der Waals surface area (Å²) in [6.45, 7) is 3.87. The summed E-state index contributed by atoms with van der Waals surface area (Å²) < 4.78 is 14.5. The lowest BCUT2D eigenvalue weighted by atomic mass is 9.93. The second-order valence-corrected chi connectivity index (χ2v) is 6.66. The first-order valence-corrected chi connectivity index (χ1v) is 8.90. The molecule has 0 aliphatic heterocycles. The summed E-state index contributed by atoms with van der Waals surface area (Å²) in [4.78, 5) is 20.2. The highest BCUT2D eigenvalue weighted by molar-refractivity contribution is 6.13. The van der Waals surface area contributed by atoms with E-state index >= 15 is 0 Å². The van der Waals surface area contributed by atoms with Crippen molar-refractivity contribution in [1.82, 2.24) is 4.98 Å². The topological polar surface area (TPSA) is 42.3 Å². The van der Waals surface area contributed by atoms with Gasteiger partial charge >= 0.3 is 0 Å². The maximum Gasteiger partial charge on any atom is 0.167 e. The minimum atomic E-state index is -0.517. The van der Waals surface area contributed by atoms with Crippen LogP contribution in [-0.4, -0.2) is 17.0 Å². The van der Waals surface area contributed by atoms with E-state index in [0.29, 0.717) is 11.4 Å². The van der Waals surface area contributed by atoms with Crippen molar-refractivity contribution in [3.63, 3.8) is 0 Å². The number of aliphatic imine (C=N–C) groups is 1. The van der Waals surface area contributed by atoms with Gasteiger partial charge in [0, 0.05) is 11.1 Å². The number of halogens is 1. The van der Waals surface area contributed by atoms with E-state index in [0.717, 1.165) is 23.6 Å². The molecule has 4 heteroatoms. The first-order valence-electron chi connectivity index (χ1n) is 8.90. The van der Waals surface area contributed by atoms with Crippen LogP contribution in [-0.2, 0) is 4.79 Å². The molecule has 1 unspecified atom stereocenters. The number of rotatable bonds is 6. The third-order valence-corrected chi connectivity index (χ3v) is 4.39. The molecule has 136 valence electrons. The molecule has 3 nitrogen and oxygen atoms in total. The van der Waals surface area contributed by atoms with Crippen LogP contribution in [0.25, 0.3) is 0 Å². The highest BCUT2D eigenvalue weighted by Gasteiger charge is 2.18. The van der Waals surface area contributed by atoms with Crippen LogP contribution >= 0.6 is 0 Å². The van der Waals surface area contributed by atoms with Crippen LogP contribution in [0.3, 0.4) is 0 Å². The molecule has 0 saturated heterocycles. The van der Waals surface area contributed by atoms with Crippen LogP contribution in [0.2, 0.25) is 0 Å². The van der Waals surface area contributed by atoms with E-state index in [1.165, 1.54) is 0 Å². The van der Waals surface area contributed by atoms with Gasteiger partial charge in [0.25, 0.3) is 0 Å². The Balaban J connectivity index is 2.14. The molecule has 0 radical (unpaired) electrons. The third-order valence-electron chi connectivity index (χ3n) is 4.39. The van der Waals surface area contributed by atoms with Crippen molar-refractivity contribution in [3.8, 4) is 0 Å². The first kappa shape index (κ1) is 18.6. The molecule has 27 heavy (non-hydrogen) atoms. The maximum atomic E-state index is 14.5. The van der Waals surface area contributed by atoms with Crippen molar-refractivity contribution in [3.05, 3.63) is 95.6 Å². The number of pyridine rings is 1. The largest absolute Gasteiger partial charge is 0.303 e. The predicted molar refractivity (Wildman–Crippen MR) is 106 cm³/mol. The monoisotopic (exact) mass is 360 g/mol. The molecule has 0 aliphatic rings.